The van der Waals surface area contributed by atoms with Gasteiger partial charge in [-0.25, -0.2) is 14.6 Å². The quantitative estimate of drug-likeness (QED) is 0.0955. The number of carbonyl (C=O) groups excluding carboxylic acids is 2. The SMILES string of the molecule is CC(CCOC(=O)c1ccccc1)c1ccccc1.CCCCc1cccc(C(=O)OC(CCC)=Nc2ccccc2)c1. The first-order valence-corrected chi connectivity index (χ1v) is 15.2. The molecule has 0 bridgehead atoms. The molecule has 4 aromatic rings. The molecule has 0 aromatic heterocycles. The lowest BCUT2D eigenvalue weighted by molar-refractivity contribution is 0.0494. The number of aryl methyl sites for hydroxylation is 1. The molecule has 4 rings (SSSR count). The Labute approximate surface area is 256 Å². The van der Waals surface area contributed by atoms with Gasteiger partial charge in [0.25, 0.3) is 0 Å². The minimum atomic E-state index is -0.337. The zero-order chi connectivity index (χ0) is 30.7. The molecule has 0 saturated heterocycles. The van der Waals surface area contributed by atoms with Crippen LogP contribution in [0, 0.1) is 0 Å². The van der Waals surface area contributed by atoms with Gasteiger partial charge in [-0.2, -0.15) is 0 Å². The standard InChI is InChI=1S/C21H25NO2.C17H18O2/c1-3-5-11-17-12-9-13-18(16-17)21(23)24-20(10-4-2)22-19-14-7-6-8-15-19;1-14(15-8-4-2-5-9-15)12-13-19-17(18)16-10-6-3-7-11-16/h6-9,12-16H,3-5,10-11H2,1-2H3;2-11,14H,12-13H2,1H3. The minimum Gasteiger partial charge on any atom is -0.462 e. The molecule has 0 spiro atoms. The third-order valence-corrected chi connectivity index (χ3v) is 6.83. The zero-order valence-corrected chi connectivity index (χ0v) is 25.6. The zero-order valence-electron chi connectivity index (χ0n) is 25.6. The molecule has 4 aromatic carbocycles. The molecule has 0 aliphatic carbocycles. The van der Waals surface area contributed by atoms with E-state index in [-0.39, 0.29) is 11.9 Å². The largest absolute Gasteiger partial charge is 0.462 e. The number of aliphatic imine (C=N–C) groups is 1. The van der Waals surface area contributed by atoms with E-state index in [0.29, 0.717) is 36.0 Å². The first kappa shape index (κ1) is 33.0. The monoisotopic (exact) mass is 577 g/mol. The highest BCUT2D eigenvalue weighted by Gasteiger charge is 2.12. The van der Waals surface area contributed by atoms with Crippen LogP contribution < -0.4 is 0 Å². The van der Waals surface area contributed by atoms with Gasteiger partial charge in [0.1, 0.15) is 0 Å². The first-order chi connectivity index (χ1) is 21.0. The summed E-state index contributed by atoms with van der Waals surface area (Å²) in [6.07, 6.45) is 5.58. The lowest BCUT2D eigenvalue weighted by Gasteiger charge is -2.12. The first-order valence-electron chi connectivity index (χ1n) is 15.2. The smallest absolute Gasteiger partial charge is 0.344 e. The van der Waals surface area contributed by atoms with E-state index in [9.17, 15) is 9.59 Å². The summed E-state index contributed by atoms with van der Waals surface area (Å²) in [6, 6.07) is 36.6. The molecule has 0 saturated carbocycles. The Morgan fingerprint density at radius 2 is 1.35 bits per heavy atom. The van der Waals surface area contributed by atoms with E-state index in [1.165, 1.54) is 11.1 Å². The molecule has 224 valence electrons. The van der Waals surface area contributed by atoms with Crippen LogP contribution >= 0.6 is 0 Å². The summed E-state index contributed by atoms with van der Waals surface area (Å²) in [6.45, 7) is 6.80. The van der Waals surface area contributed by atoms with E-state index in [0.717, 1.165) is 37.8 Å². The van der Waals surface area contributed by atoms with Crippen molar-refractivity contribution < 1.29 is 19.1 Å². The Balaban J connectivity index is 0.000000242. The van der Waals surface area contributed by atoms with E-state index in [4.69, 9.17) is 9.47 Å². The van der Waals surface area contributed by atoms with Crippen LogP contribution in [-0.2, 0) is 15.9 Å². The van der Waals surface area contributed by atoms with Crippen molar-refractivity contribution in [2.24, 2.45) is 4.99 Å². The second-order valence-corrected chi connectivity index (χ2v) is 10.4. The van der Waals surface area contributed by atoms with Gasteiger partial charge in [-0.1, -0.05) is 106 Å². The number of hydrogen-bond donors (Lipinski definition) is 0. The number of hydrogen-bond acceptors (Lipinski definition) is 5. The average molecular weight is 578 g/mol. The Hall–Kier alpha value is -4.51. The molecule has 1 atom stereocenters. The second kappa shape index (κ2) is 18.8. The average Bonchev–Trinajstić information content (AvgIpc) is 3.05. The fraction of sp³-hybridized carbons (Fsp3) is 0.289. The fourth-order valence-corrected chi connectivity index (χ4v) is 4.32. The highest BCUT2D eigenvalue weighted by molar-refractivity contribution is 5.99. The number of rotatable bonds is 12. The Kier molecular flexibility index (Phi) is 14.4. The number of esters is 2. The third-order valence-electron chi connectivity index (χ3n) is 6.83. The van der Waals surface area contributed by atoms with E-state index < -0.39 is 0 Å². The summed E-state index contributed by atoms with van der Waals surface area (Å²) in [7, 11) is 0. The van der Waals surface area contributed by atoms with Crippen molar-refractivity contribution in [1.29, 1.82) is 0 Å². The van der Waals surface area contributed by atoms with Crippen LogP contribution in [0.5, 0.6) is 0 Å². The summed E-state index contributed by atoms with van der Waals surface area (Å²) in [4.78, 5) is 28.6. The van der Waals surface area contributed by atoms with Gasteiger partial charge in [-0.15, -0.1) is 0 Å². The number of ether oxygens (including phenoxy) is 2. The predicted octanol–water partition coefficient (Wildman–Crippen LogP) is 9.75. The summed E-state index contributed by atoms with van der Waals surface area (Å²) in [5.41, 5.74) is 4.43. The highest BCUT2D eigenvalue weighted by Crippen LogP contribution is 2.19. The van der Waals surface area contributed by atoms with Gasteiger partial charge in [-0.3, -0.25) is 0 Å². The normalized spacial score (nSPS) is 11.6. The van der Waals surface area contributed by atoms with Crippen molar-refractivity contribution in [3.05, 3.63) is 138 Å². The number of para-hydroxylation sites is 1. The lowest BCUT2D eigenvalue weighted by atomic mass is 9.98. The number of unbranched alkanes of at least 4 members (excludes halogenated alkanes) is 1. The van der Waals surface area contributed by atoms with Gasteiger partial charge in [0.05, 0.1) is 23.4 Å². The molecule has 5 heteroatoms. The van der Waals surface area contributed by atoms with Crippen molar-refractivity contribution >= 4 is 23.5 Å². The molecular weight excluding hydrogens is 534 g/mol. The summed E-state index contributed by atoms with van der Waals surface area (Å²) in [5.74, 6) is 0.273. The van der Waals surface area contributed by atoms with Crippen LogP contribution in [0.3, 0.4) is 0 Å². The van der Waals surface area contributed by atoms with E-state index in [1.54, 1.807) is 18.2 Å². The maximum absolute atomic E-state index is 12.4. The van der Waals surface area contributed by atoms with Crippen molar-refractivity contribution in [2.75, 3.05) is 6.61 Å². The van der Waals surface area contributed by atoms with Crippen molar-refractivity contribution in [2.45, 2.75) is 65.2 Å². The van der Waals surface area contributed by atoms with Gasteiger partial charge in [0.2, 0.25) is 0 Å². The van der Waals surface area contributed by atoms with Crippen molar-refractivity contribution in [3.8, 4) is 0 Å². The second-order valence-electron chi connectivity index (χ2n) is 10.4. The van der Waals surface area contributed by atoms with Crippen molar-refractivity contribution in [1.82, 2.24) is 0 Å². The minimum absolute atomic E-state index is 0.249. The van der Waals surface area contributed by atoms with Crippen LogP contribution in [0.15, 0.2) is 120 Å². The molecule has 43 heavy (non-hydrogen) atoms. The van der Waals surface area contributed by atoms with Gasteiger partial charge >= 0.3 is 11.9 Å². The molecule has 0 radical (unpaired) electrons. The molecule has 0 aliphatic rings. The Morgan fingerprint density at radius 1 is 0.721 bits per heavy atom. The lowest BCUT2D eigenvalue weighted by Crippen LogP contribution is -2.12. The summed E-state index contributed by atoms with van der Waals surface area (Å²) in [5, 5.41) is 0. The molecule has 5 nitrogen and oxygen atoms in total. The summed E-state index contributed by atoms with van der Waals surface area (Å²) >= 11 is 0. The van der Waals surface area contributed by atoms with Gasteiger partial charge in [-0.05, 0) is 79.1 Å². The number of nitrogens with zero attached hydrogens (tertiary/aromatic N) is 1. The number of benzene rings is 4. The van der Waals surface area contributed by atoms with Crippen LogP contribution in [0.4, 0.5) is 5.69 Å². The fourth-order valence-electron chi connectivity index (χ4n) is 4.32. The van der Waals surface area contributed by atoms with Crippen LogP contribution in [0.1, 0.15) is 90.6 Å². The van der Waals surface area contributed by atoms with Gasteiger partial charge in [0, 0.05) is 6.42 Å². The predicted molar refractivity (Wildman–Crippen MR) is 175 cm³/mol. The van der Waals surface area contributed by atoms with E-state index in [1.807, 2.05) is 85.8 Å². The Bertz CT molecular complexity index is 1400. The topological polar surface area (TPSA) is 65.0 Å². The van der Waals surface area contributed by atoms with E-state index in [2.05, 4.69) is 37.0 Å². The molecule has 0 heterocycles. The number of carbonyl (C=O) groups is 2. The molecule has 0 amide bonds. The molecule has 0 N–H and O–H groups in total. The molecule has 1 unspecified atom stereocenters. The van der Waals surface area contributed by atoms with Gasteiger partial charge < -0.3 is 9.47 Å². The summed E-state index contributed by atoms with van der Waals surface area (Å²) < 4.78 is 10.8. The maximum Gasteiger partial charge on any atom is 0.344 e. The highest BCUT2D eigenvalue weighted by atomic mass is 16.5. The van der Waals surface area contributed by atoms with Crippen LogP contribution in [-0.4, -0.2) is 24.4 Å². The van der Waals surface area contributed by atoms with Crippen LogP contribution in [0.25, 0.3) is 0 Å². The van der Waals surface area contributed by atoms with Crippen LogP contribution in [0.2, 0.25) is 0 Å². The molecular formula is C38H43NO4. The van der Waals surface area contributed by atoms with Crippen molar-refractivity contribution in [3.63, 3.8) is 0 Å². The van der Waals surface area contributed by atoms with E-state index >= 15 is 0 Å². The third kappa shape index (κ3) is 12.1. The molecule has 0 aliphatic heterocycles. The maximum atomic E-state index is 12.4. The molecule has 0 fully saturated rings. The van der Waals surface area contributed by atoms with Gasteiger partial charge in [0.15, 0.2) is 5.90 Å². The Morgan fingerprint density at radius 3 is 2.00 bits per heavy atom.